The van der Waals surface area contributed by atoms with Gasteiger partial charge in [-0.1, -0.05) is 25.1 Å². The van der Waals surface area contributed by atoms with Gasteiger partial charge in [0.1, 0.15) is 0 Å². The molecule has 0 saturated carbocycles. The van der Waals surface area contributed by atoms with Gasteiger partial charge in [-0.15, -0.1) is 0 Å². The minimum atomic E-state index is -4.45. The Hall–Kier alpha value is -1.12. The Balaban J connectivity index is 2.81. The van der Waals surface area contributed by atoms with Crippen LogP contribution in [0.4, 0.5) is 13.2 Å². The summed E-state index contributed by atoms with van der Waals surface area (Å²) in [6.07, 6.45) is -4.10. The van der Waals surface area contributed by atoms with E-state index in [9.17, 15) is 21.6 Å². The van der Waals surface area contributed by atoms with Crippen LogP contribution in [0, 0.1) is 0 Å². The fourth-order valence-corrected chi connectivity index (χ4v) is 2.97. The summed E-state index contributed by atoms with van der Waals surface area (Å²) in [5.74, 6) is 0. The number of halogens is 3. The Labute approximate surface area is 116 Å². The number of hydrogen-bond acceptors (Lipinski definition) is 3. The van der Waals surface area contributed by atoms with E-state index in [1.165, 1.54) is 12.1 Å². The summed E-state index contributed by atoms with van der Waals surface area (Å²) < 4.78 is 63.5. The van der Waals surface area contributed by atoms with Crippen LogP contribution < -0.4 is 10.5 Å². The van der Waals surface area contributed by atoms with E-state index in [4.69, 9.17) is 5.73 Å². The zero-order chi connectivity index (χ0) is 15.4. The molecule has 0 saturated heterocycles. The number of benzene rings is 1. The first-order valence-electron chi connectivity index (χ1n) is 6.05. The minimum Gasteiger partial charge on any atom is -0.329 e. The Morgan fingerprint density at radius 1 is 1.35 bits per heavy atom. The summed E-state index contributed by atoms with van der Waals surface area (Å²) in [7, 11) is -3.63. The van der Waals surface area contributed by atoms with Crippen LogP contribution in [0.25, 0.3) is 0 Å². The quantitative estimate of drug-likeness (QED) is 0.842. The second kappa shape index (κ2) is 6.55. The average Bonchev–Trinajstić information content (AvgIpc) is 2.37. The molecule has 20 heavy (non-hydrogen) atoms. The zero-order valence-corrected chi connectivity index (χ0v) is 11.8. The molecule has 8 heteroatoms. The molecule has 0 radical (unpaired) electrons. The van der Waals surface area contributed by atoms with Crippen LogP contribution >= 0.6 is 0 Å². The zero-order valence-electron chi connectivity index (χ0n) is 10.9. The van der Waals surface area contributed by atoms with Gasteiger partial charge in [-0.2, -0.15) is 13.2 Å². The molecule has 1 unspecified atom stereocenters. The average molecular weight is 310 g/mol. The van der Waals surface area contributed by atoms with Crippen LogP contribution in [0.1, 0.15) is 24.5 Å². The lowest BCUT2D eigenvalue weighted by Gasteiger charge is -2.15. The maximum atomic E-state index is 12.5. The van der Waals surface area contributed by atoms with Crippen LogP contribution in [0.3, 0.4) is 0 Å². The van der Waals surface area contributed by atoms with Gasteiger partial charge in [-0.3, -0.25) is 0 Å². The van der Waals surface area contributed by atoms with E-state index >= 15 is 0 Å². The molecule has 1 aromatic rings. The highest BCUT2D eigenvalue weighted by molar-refractivity contribution is 7.90. The Kier molecular flexibility index (Phi) is 5.55. The van der Waals surface area contributed by atoms with Crippen LogP contribution in [-0.4, -0.2) is 20.2 Å². The molecule has 1 aromatic carbocycles. The van der Waals surface area contributed by atoms with Crippen LogP contribution in [0.2, 0.25) is 0 Å². The van der Waals surface area contributed by atoms with Crippen molar-refractivity contribution in [3.05, 3.63) is 35.4 Å². The molecule has 4 nitrogen and oxygen atoms in total. The minimum absolute atomic E-state index is 0.0333. The fraction of sp³-hybridized carbons (Fsp3) is 0.500. The lowest BCUT2D eigenvalue weighted by Crippen LogP contribution is -2.38. The van der Waals surface area contributed by atoms with Crippen molar-refractivity contribution in [2.75, 3.05) is 6.54 Å². The van der Waals surface area contributed by atoms with E-state index in [0.29, 0.717) is 6.42 Å². The lowest BCUT2D eigenvalue weighted by atomic mass is 10.1. The molecule has 0 aromatic heterocycles. The van der Waals surface area contributed by atoms with Crippen molar-refractivity contribution in [1.82, 2.24) is 4.72 Å². The molecule has 0 heterocycles. The third-order valence-corrected chi connectivity index (χ3v) is 4.84. The van der Waals surface area contributed by atoms with Crippen molar-refractivity contribution in [3.63, 3.8) is 0 Å². The molecule has 1 rings (SSSR count). The first-order chi connectivity index (χ1) is 9.20. The van der Waals surface area contributed by atoms with E-state index in [1.807, 2.05) is 0 Å². The molecular formula is C12H17F3N2O2S. The predicted molar refractivity (Wildman–Crippen MR) is 70.3 cm³/mol. The molecule has 0 aliphatic rings. The molecule has 3 N–H and O–H groups in total. The van der Waals surface area contributed by atoms with E-state index in [0.717, 1.165) is 12.1 Å². The fourth-order valence-electron chi connectivity index (χ4n) is 1.67. The van der Waals surface area contributed by atoms with Crippen molar-refractivity contribution < 1.29 is 21.6 Å². The van der Waals surface area contributed by atoms with Gasteiger partial charge in [0, 0.05) is 13.1 Å². The standard InChI is InChI=1S/C12H17F3N2O2S/c1-2-11(7-16)20(18,19)17-8-9-4-3-5-10(6-9)12(13,14)15/h3-6,11,17H,2,7-8,16H2,1H3. The van der Waals surface area contributed by atoms with E-state index in [1.54, 1.807) is 6.92 Å². The van der Waals surface area contributed by atoms with Crippen molar-refractivity contribution in [3.8, 4) is 0 Å². The highest BCUT2D eigenvalue weighted by Crippen LogP contribution is 2.29. The summed E-state index contributed by atoms with van der Waals surface area (Å²) in [6.45, 7) is 1.46. The maximum absolute atomic E-state index is 12.5. The summed E-state index contributed by atoms with van der Waals surface area (Å²) in [5, 5.41) is -0.742. The second-order valence-electron chi connectivity index (χ2n) is 4.33. The maximum Gasteiger partial charge on any atom is 0.416 e. The second-order valence-corrected chi connectivity index (χ2v) is 6.38. The third-order valence-electron chi connectivity index (χ3n) is 2.89. The first-order valence-corrected chi connectivity index (χ1v) is 7.60. The smallest absolute Gasteiger partial charge is 0.329 e. The number of alkyl halides is 3. The van der Waals surface area contributed by atoms with Crippen molar-refractivity contribution >= 4 is 10.0 Å². The topological polar surface area (TPSA) is 72.2 Å². The van der Waals surface area contributed by atoms with E-state index < -0.39 is 27.0 Å². The molecule has 0 fully saturated rings. The van der Waals surface area contributed by atoms with E-state index in [-0.39, 0.29) is 18.7 Å². The normalized spacial score (nSPS) is 14.2. The summed E-state index contributed by atoms with van der Waals surface area (Å²) >= 11 is 0. The molecule has 0 amide bonds. The van der Waals surface area contributed by atoms with Crippen molar-refractivity contribution in [2.24, 2.45) is 5.73 Å². The largest absolute Gasteiger partial charge is 0.416 e. The van der Waals surface area contributed by atoms with Gasteiger partial charge in [-0.05, 0) is 18.1 Å². The predicted octanol–water partition coefficient (Wildman–Crippen LogP) is 1.86. The molecule has 1 atom stereocenters. The number of hydrogen-bond donors (Lipinski definition) is 2. The van der Waals surface area contributed by atoms with Crippen LogP contribution in [0.5, 0.6) is 0 Å². The highest BCUT2D eigenvalue weighted by atomic mass is 32.2. The third kappa shape index (κ3) is 4.46. The molecular weight excluding hydrogens is 293 g/mol. The molecule has 114 valence electrons. The molecule has 0 spiro atoms. The summed E-state index contributed by atoms with van der Waals surface area (Å²) in [6, 6.07) is 4.53. The van der Waals surface area contributed by atoms with Gasteiger partial charge < -0.3 is 5.73 Å². The first kappa shape index (κ1) is 16.9. The van der Waals surface area contributed by atoms with Crippen molar-refractivity contribution in [2.45, 2.75) is 31.3 Å². The van der Waals surface area contributed by atoms with Gasteiger partial charge >= 0.3 is 6.18 Å². The lowest BCUT2D eigenvalue weighted by molar-refractivity contribution is -0.137. The van der Waals surface area contributed by atoms with E-state index in [2.05, 4.69) is 4.72 Å². The number of nitrogens with one attached hydrogen (secondary N) is 1. The summed E-state index contributed by atoms with van der Waals surface area (Å²) in [4.78, 5) is 0. The van der Waals surface area contributed by atoms with Gasteiger partial charge in [-0.25, -0.2) is 13.1 Å². The summed E-state index contributed by atoms with van der Waals surface area (Å²) in [5.41, 5.74) is 4.79. The number of sulfonamides is 1. The van der Waals surface area contributed by atoms with Crippen LogP contribution in [-0.2, 0) is 22.7 Å². The van der Waals surface area contributed by atoms with Gasteiger partial charge in [0.2, 0.25) is 10.0 Å². The molecule has 0 aliphatic carbocycles. The highest BCUT2D eigenvalue weighted by Gasteiger charge is 2.30. The van der Waals surface area contributed by atoms with Gasteiger partial charge in [0.05, 0.1) is 10.8 Å². The van der Waals surface area contributed by atoms with Crippen molar-refractivity contribution in [1.29, 1.82) is 0 Å². The van der Waals surface area contributed by atoms with Gasteiger partial charge in [0.25, 0.3) is 0 Å². The SMILES string of the molecule is CCC(CN)S(=O)(=O)NCc1cccc(C(F)(F)F)c1. The van der Waals surface area contributed by atoms with Gasteiger partial charge in [0.15, 0.2) is 0 Å². The number of nitrogens with two attached hydrogens (primary N) is 1. The molecule has 0 aliphatic heterocycles. The Morgan fingerprint density at radius 3 is 2.50 bits per heavy atom. The Bertz CT molecular complexity index is 540. The van der Waals surface area contributed by atoms with Crippen LogP contribution in [0.15, 0.2) is 24.3 Å². The monoisotopic (exact) mass is 310 g/mol. The molecule has 0 bridgehead atoms. The number of rotatable bonds is 6. The Morgan fingerprint density at radius 2 is 2.00 bits per heavy atom.